The van der Waals surface area contributed by atoms with Crippen LogP contribution in [0.1, 0.15) is 44.4 Å². The first kappa shape index (κ1) is 14.8. The number of fused-ring (bicyclic) bond motifs is 1. The highest BCUT2D eigenvalue weighted by molar-refractivity contribution is 5.50. The summed E-state index contributed by atoms with van der Waals surface area (Å²) in [7, 11) is 0. The lowest BCUT2D eigenvalue weighted by atomic mass is 9.97. The molecule has 0 bridgehead atoms. The van der Waals surface area contributed by atoms with Gasteiger partial charge < -0.3 is 10.2 Å². The summed E-state index contributed by atoms with van der Waals surface area (Å²) in [5, 5.41) is 3.62. The van der Waals surface area contributed by atoms with Crippen LogP contribution in [0.15, 0.2) is 6.33 Å². The van der Waals surface area contributed by atoms with Crippen LogP contribution in [0.3, 0.4) is 0 Å². The smallest absolute Gasteiger partial charge is 0.135 e. The summed E-state index contributed by atoms with van der Waals surface area (Å²) >= 11 is 0. The molecule has 1 fully saturated rings. The molecule has 1 aliphatic heterocycles. The van der Waals surface area contributed by atoms with Crippen LogP contribution < -0.4 is 10.2 Å². The SMILES string of the molecule is CC(C)CNCC1CCCN(c2ncnc3c2CCC3)C1. The van der Waals surface area contributed by atoms with Gasteiger partial charge in [0.15, 0.2) is 0 Å². The van der Waals surface area contributed by atoms with E-state index < -0.39 is 0 Å². The Labute approximate surface area is 128 Å². The van der Waals surface area contributed by atoms with E-state index in [1.807, 2.05) is 0 Å². The van der Waals surface area contributed by atoms with Crippen molar-refractivity contribution >= 4 is 5.82 Å². The summed E-state index contributed by atoms with van der Waals surface area (Å²) in [6.45, 7) is 9.11. The molecule has 0 spiro atoms. The van der Waals surface area contributed by atoms with Gasteiger partial charge in [0.2, 0.25) is 0 Å². The van der Waals surface area contributed by atoms with Crippen molar-refractivity contribution in [2.75, 3.05) is 31.1 Å². The van der Waals surface area contributed by atoms with Crippen LogP contribution in [0.25, 0.3) is 0 Å². The maximum atomic E-state index is 4.61. The van der Waals surface area contributed by atoms with Crippen molar-refractivity contribution < 1.29 is 0 Å². The van der Waals surface area contributed by atoms with Crippen molar-refractivity contribution in [3.63, 3.8) is 0 Å². The Morgan fingerprint density at radius 2 is 2.19 bits per heavy atom. The van der Waals surface area contributed by atoms with Gasteiger partial charge in [0.25, 0.3) is 0 Å². The molecule has 0 amide bonds. The summed E-state index contributed by atoms with van der Waals surface area (Å²) in [5.74, 6) is 2.71. The fourth-order valence-corrected chi connectivity index (χ4v) is 3.61. The van der Waals surface area contributed by atoms with Crippen LogP contribution in [0.4, 0.5) is 5.82 Å². The van der Waals surface area contributed by atoms with E-state index in [9.17, 15) is 0 Å². The molecule has 0 saturated carbocycles. The first-order valence-electron chi connectivity index (χ1n) is 8.52. The quantitative estimate of drug-likeness (QED) is 0.903. The Kier molecular flexibility index (Phi) is 4.73. The summed E-state index contributed by atoms with van der Waals surface area (Å²) in [4.78, 5) is 11.6. The maximum absolute atomic E-state index is 4.61. The van der Waals surface area contributed by atoms with E-state index in [1.165, 1.54) is 36.3 Å². The highest BCUT2D eigenvalue weighted by Gasteiger charge is 2.25. The van der Waals surface area contributed by atoms with Crippen molar-refractivity contribution in [2.24, 2.45) is 11.8 Å². The van der Waals surface area contributed by atoms with Gasteiger partial charge in [0, 0.05) is 24.3 Å². The largest absolute Gasteiger partial charge is 0.356 e. The van der Waals surface area contributed by atoms with Crippen molar-refractivity contribution in [3.05, 3.63) is 17.6 Å². The van der Waals surface area contributed by atoms with E-state index in [2.05, 4.69) is 34.0 Å². The van der Waals surface area contributed by atoms with Crippen LogP contribution in [0.2, 0.25) is 0 Å². The predicted octanol–water partition coefficient (Wildman–Crippen LogP) is 2.43. The molecular formula is C17H28N4. The molecule has 21 heavy (non-hydrogen) atoms. The standard InChI is InChI=1S/C17H28N4/c1-13(2)9-18-10-14-5-4-8-21(11-14)17-15-6-3-7-16(15)19-12-20-17/h12-14,18H,3-11H2,1-2H3. The van der Waals surface area contributed by atoms with E-state index in [0.717, 1.165) is 50.9 Å². The molecule has 2 heterocycles. The molecule has 4 nitrogen and oxygen atoms in total. The first-order chi connectivity index (χ1) is 10.2. The molecule has 0 radical (unpaired) electrons. The summed E-state index contributed by atoms with van der Waals surface area (Å²) < 4.78 is 0. The van der Waals surface area contributed by atoms with E-state index in [0.29, 0.717) is 0 Å². The molecule has 1 N–H and O–H groups in total. The normalized spacial score (nSPS) is 21.9. The molecule has 1 saturated heterocycles. The molecule has 116 valence electrons. The van der Waals surface area contributed by atoms with Crippen molar-refractivity contribution in [2.45, 2.75) is 46.0 Å². The first-order valence-corrected chi connectivity index (χ1v) is 8.52. The number of anilines is 1. The molecule has 1 aliphatic carbocycles. The Morgan fingerprint density at radius 1 is 1.29 bits per heavy atom. The van der Waals surface area contributed by atoms with Crippen molar-refractivity contribution in [1.82, 2.24) is 15.3 Å². The van der Waals surface area contributed by atoms with Crippen molar-refractivity contribution in [1.29, 1.82) is 0 Å². The van der Waals surface area contributed by atoms with Crippen LogP contribution in [-0.4, -0.2) is 36.1 Å². The molecule has 1 atom stereocenters. The third-order valence-corrected chi connectivity index (χ3v) is 4.66. The number of rotatable bonds is 5. The molecule has 0 aromatic carbocycles. The third-order valence-electron chi connectivity index (χ3n) is 4.66. The van der Waals surface area contributed by atoms with Gasteiger partial charge in [0.1, 0.15) is 12.1 Å². The predicted molar refractivity (Wildman–Crippen MR) is 86.7 cm³/mol. The van der Waals surface area contributed by atoms with Gasteiger partial charge in [-0.1, -0.05) is 13.8 Å². The fraction of sp³-hybridized carbons (Fsp3) is 0.765. The van der Waals surface area contributed by atoms with Gasteiger partial charge in [0.05, 0.1) is 0 Å². The molecular weight excluding hydrogens is 260 g/mol. The number of hydrogen-bond donors (Lipinski definition) is 1. The van der Waals surface area contributed by atoms with Crippen molar-refractivity contribution in [3.8, 4) is 0 Å². The van der Waals surface area contributed by atoms with Crippen LogP contribution >= 0.6 is 0 Å². The van der Waals surface area contributed by atoms with Crippen LogP contribution in [-0.2, 0) is 12.8 Å². The summed E-state index contributed by atoms with van der Waals surface area (Å²) in [5.41, 5.74) is 2.72. The van der Waals surface area contributed by atoms with Crippen LogP contribution in [0.5, 0.6) is 0 Å². The highest BCUT2D eigenvalue weighted by atomic mass is 15.2. The molecule has 1 aromatic heterocycles. The van der Waals surface area contributed by atoms with Gasteiger partial charge in [-0.05, 0) is 57.0 Å². The number of aromatic nitrogens is 2. The number of nitrogens with one attached hydrogen (secondary N) is 1. The number of nitrogens with zero attached hydrogens (tertiary/aromatic N) is 3. The second-order valence-corrected chi connectivity index (χ2v) is 6.98. The van der Waals surface area contributed by atoms with E-state index in [1.54, 1.807) is 6.33 Å². The average molecular weight is 288 g/mol. The Hall–Kier alpha value is -1.16. The molecule has 1 unspecified atom stereocenters. The monoisotopic (exact) mass is 288 g/mol. The Bertz CT molecular complexity index is 472. The number of aryl methyl sites for hydroxylation is 1. The zero-order valence-electron chi connectivity index (χ0n) is 13.4. The minimum Gasteiger partial charge on any atom is -0.356 e. The lowest BCUT2D eigenvalue weighted by molar-refractivity contribution is 0.381. The van der Waals surface area contributed by atoms with E-state index in [-0.39, 0.29) is 0 Å². The van der Waals surface area contributed by atoms with Gasteiger partial charge in [-0.15, -0.1) is 0 Å². The highest BCUT2D eigenvalue weighted by Crippen LogP contribution is 2.30. The third kappa shape index (κ3) is 3.54. The van der Waals surface area contributed by atoms with E-state index in [4.69, 9.17) is 0 Å². The Morgan fingerprint density at radius 3 is 3.05 bits per heavy atom. The van der Waals surface area contributed by atoms with Gasteiger partial charge in [-0.3, -0.25) is 0 Å². The molecule has 4 heteroatoms. The molecule has 2 aliphatic rings. The number of hydrogen-bond acceptors (Lipinski definition) is 4. The molecule has 3 rings (SSSR count). The van der Waals surface area contributed by atoms with Gasteiger partial charge in [-0.25, -0.2) is 9.97 Å². The van der Waals surface area contributed by atoms with Crippen LogP contribution in [0, 0.1) is 11.8 Å². The topological polar surface area (TPSA) is 41.0 Å². The average Bonchev–Trinajstić information content (AvgIpc) is 2.95. The maximum Gasteiger partial charge on any atom is 0.135 e. The van der Waals surface area contributed by atoms with Gasteiger partial charge >= 0.3 is 0 Å². The zero-order valence-corrected chi connectivity index (χ0v) is 13.4. The summed E-state index contributed by atoms with van der Waals surface area (Å²) in [6.07, 6.45) is 7.94. The minimum atomic E-state index is 0.731. The number of piperidine rings is 1. The van der Waals surface area contributed by atoms with E-state index >= 15 is 0 Å². The zero-order chi connectivity index (χ0) is 14.7. The van der Waals surface area contributed by atoms with Gasteiger partial charge in [-0.2, -0.15) is 0 Å². The fourth-order valence-electron chi connectivity index (χ4n) is 3.61. The Balaban J connectivity index is 1.62. The lowest BCUT2D eigenvalue weighted by Gasteiger charge is -2.34. The minimum absolute atomic E-state index is 0.731. The lowest BCUT2D eigenvalue weighted by Crippen LogP contribution is -2.41. The summed E-state index contributed by atoms with van der Waals surface area (Å²) in [6, 6.07) is 0. The second-order valence-electron chi connectivity index (χ2n) is 6.98. The molecule has 1 aromatic rings. The second kappa shape index (κ2) is 6.73.